The molecule has 0 fully saturated rings. The number of carbonyl (C=O) groups is 1. The van der Waals surface area contributed by atoms with Gasteiger partial charge in [-0.1, -0.05) is 41.9 Å². The zero-order chi connectivity index (χ0) is 15.9. The van der Waals surface area contributed by atoms with Crippen molar-refractivity contribution in [2.75, 3.05) is 6.61 Å². The SMILES string of the molecule is Cc1ccccc1OCCC(=O)N[C@H](C)c1cccc(Cl)c1. The van der Waals surface area contributed by atoms with E-state index in [0.29, 0.717) is 18.1 Å². The summed E-state index contributed by atoms with van der Waals surface area (Å²) in [6, 6.07) is 15.2. The van der Waals surface area contributed by atoms with Crippen LogP contribution in [0.3, 0.4) is 0 Å². The predicted octanol–water partition coefficient (Wildman–Crippen LogP) is 4.29. The average Bonchev–Trinajstić information content (AvgIpc) is 2.49. The second-order valence-corrected chi connectivity index (χ2v) is 5.64. The first-order chi connectivity index (χ1) is 10.6. The highest BCUT2D eigenvalue weighted by atomic mass is 35.5. The van der Waals surface area contributed by atoms with Gasteiger partial charge in [0.2, 0.25) is 5.91 Å². The van der Waals surface area contributed by atoms with Crippen LogP contribution in [0, 0.1) is 6.92 Å². The zero-order valence-corrected chi connectivity index (χ0v) is 13.6. The van der Waals surface area contributed by atoms with E-state index in [0.717, 1.165) is 16.9 Å². The molecule has 0 aliphatic heterocycles. The summed E-state index contributed by atoms with van der Waals surface area (Å²) in [7, 11) is 0. The molecule has 0 spiro atoms. The van der Waals surface area contributed by atoms with Gasteiger partial charge in [0.1, 0.15) is 5.75 Å². The molecule has 2 aromatic rings. The lowest BCUT2D eigenvalue weighted by Crippen LogP contribution is -2.27. The maximum atomic E-state index is 12.0. The van der Waals surface area contributed by atoms with Crippen LogP contribution >= 0.6 is 11.6 Å². The second kappa shape index (κ2) is 7.85. The summed E-state index contributed by atoms with van der Waals surface area (Å²) in [5, 5.41) is 3.61. The van der Waals surface area contributed by atoms with Crippen LogP contribution in [0.2, 0.25) is 5.02 Å². The molecule has 1 atom stereocenters. The van der Waals surface area contributed by atoms with Crippen LogP contribution in [0.4, 0.5) is 0 Å². The van der Waals surface area contributed by atoms with Gasteiger partial charge in [-0.05, 0) is 43.2 Å². The Hall–Kier alpha value is -2.00. The minimum absolute atomic E-state index is 0.0407. The molecule has 4 heteroatoms. The number of carbonyl (C=O) groups excluding carboxylic acids is 1. The quantitative estimate of drug-likeness (QED) is 0.863. The van der Waals surface area contributed by atoms with E-state index >= 15 is 0 Å². The molecule has 0 aromatic heterocycles. The van der Waals surface area contributed by atoms with E-state index in [1.807, 2.05) is 62.4 Å². The number of halogens is 1. The van der Waals surface area contributed by atoms with Crippen LogP contribution < -0.4 is 10.1 Å². The minimum atomic E-state index is -0.0790. The summed E-state index contributed by atoms with van der Waals surface area (Å²) < 4.78 is 5.63. The lowest BCUT2D eigenvalue weighted by Gasteiger charge is -2.15. The van der Waals surface area contributed by atoms with Gasteiger partial charge >= 0.3 is 0 Å². The Balaban J connectivity index is 1.79. The number of amides is 1. The largest absolute Gasteiger partial charge is 0.493 e. The minimum Gasteiger partial charge on any atom is -0.493 e. The van der Waals surface area contributed by atoms with Gasteiger partial charge in [0.05, 0.1) is 19.1 Å². The number of rotatable bonds is 6. The summed E-state index contributed by atoms with van der Waals surface area (Å²) >= 11 is 5.96. The first-order valence-corrected chi connectivity index (χ1v) is 7.67. The third kappa shape index (κ3) is 4.78. The van der Waals surface area contributed by atoms with E-state index < -0.39 is 0 Å². The second-order valence-electron chi connectivity index (χ2n) is 5.21. The van der Waals surface area contributed by atoms with Crippen molar-refractivity contribution in [3.63, 3.8) is 0 Å². The molecular weight excluding hydrogens is 298 g/mol. The van der Waals surface area contributed by atoms with Crippen LogP contribution in [0.5, 0.6) is 5.75 Å². The predicted molar refractivity (Wildman–Crippen MR) is 89.3 cm³/mol. The van der Waals surface area contributed by atoms with Gasteiger partial charge in [0.15, 0.2) is 0 Å². The van der Waals surface area contributed by atoms with E-state index in [4.69, 9.17) is 16.3 Å². The molecule has 22 heavy (non-hydrogen) atoms. The molecular formula is C18H20ClNO2. The lowest BCUT2D eigenvalue weighted by atomic mass is 10.1. The van der Waals surface area contributed by atoms with Gasteiger partial charge in [0, 0.05) is 5.02 Å². The van der Waals surface area contributed by atoms with Crippen LogP contribution in [0.1, 0.15) is 30.5 Å². The highest BCUT2D eigenvalue weighted by Crippen LogP contribution is 2.18. The first-order valence-electron chi connectivity index (χ1n) is 7.29. The van der Waals surface area contributed by atoms with Crippen LogP contribution in [-0.2, 0) is 4.79 Å². The average molecular weight is 318 g/mol. The first kappa shape index (κ1) is 16.4. The fourth-order valence-electron chi connectivity index (χ4n) is 2.14. The zero-order valence-electron chi connectivity index (χ0n) is 12.8. The Kier molecular flexibility index (Phi) is 5.84. The number of hydrogen-bond acceptors (Lipinski definition) is 2. The van der Waals surface area contributed by atoms with Gasteiger partial charge in [-0.3, -0.25) is 4.79 Å². The number of hydrogen-bond donors (Lipinski definition) is 1. The van der Waals surface area contributed by atoms with Gasteiger partial charge < -0.3 is 10.1 Å². The summed E-state index contributed by atoms with van der Waals surface area (Å²) in [6.07, 6.45) is 0.319. The number of aryl methyl sites for hydroxylation is 1. The van der Waals surface area contributed by atoms with Crippen molar-refractivity contribution in [2.24, 2.45) is 0 Å². The van der Waals surface area contributed by atoms with Crippen molar-refractivity contribution in [3.8, 4) is 5.75 Å². The van der Waals surface area contributed by atoms with Crippen LogP contribution in [0.25, 0.3) is 0 Å². The highest BCUT2D eigenvalue weighted by Gasteiger charge is 2.10. The maximum absolute atomic E-state index is 12.0. The molecule has 0 radical (unpaired) electrons. The Morgan fingerprint density at radius 3 is 2.73 bits per heavy atom. The lowest BCUT2D eigenvalue weighted by molar-refractivity contribution is -0.122. The molecule has 116 valence electrons. The molecule has 1 amide bonds. The standard InChI is InChI=1S/C18H20ClNO2/c1-13-6-3-4-9-17(13)22-11-10-18(21)20-14(2)15-7-5-8-16(19)12-15/h3-9,12,14H,10-11H2,1-2H3,(H,20,21)/t14-/m1/s1. The van der Waals surface area contributed by atoms with Crippen molar-refractivity contribution in [2.45, 2.75) is 26.3 Å². The molecule has 0 bridgehead atoms. The fraction of sp³-hybridized carbons (Fsp3) is 0.278. The van der Waals surface area contributed by atoms with Gasteiger partial charge in [-0.2, -0.15) is 0 Å². The molecule has 1 N–H and O–H groups in total. The molecule has 0 unspecified atom stereocenters. The topological polar surface area (TPSA) is 38.3 Å². The third-order valence-corrected chi connectivity index (χ3v) is 3.64. The summed E-state index contributed by atoms with van der Waals surface area (Å²) in [4.78, 5) is 12.0. The van der Waals surface area contributed by atoms with Gasteiger partial charge in [-0.15, -0.1) is 0 Å². The molecule has 0 heterocycles. The molecule has 0 saturated heterocycles. The van der Waals surface area contributed by atoms with Crippen LogP contribution in [0.15, 0.2) is 48.5 Å². The number of benzene rings is 2. The van der Waals surface area contributed by atoms with Crippen molar-refractivity contribution >= 4 is 17.5 Å². The molecule has 2 rings (SSSR count). The molecule has 0 aliphatic carbocycles. The van der Waals surface area contributed by atoms with Crippen LogP contribution in [-0.4, -0.2) is 12.5 Å². The molecule has 0 aliphatic rings. The van der Waals surface area contributed by atoms with Crippen molar-refractivity contribution < 1.29 is 9.53 Å². The number of nitrogens with one attached hydrogen (secondary N) is 1. The molecule has 0 saturated carbocycles. The van der Waals surface area contributed by atoms with Gasteiger partial charge in [0.25, 0.3) is 0 Å². The summed E-state index contributed by atoms with van der Waals surface area (Å²) in [5.41, 5.74) is 2.05. The molecule has 2 aromatic carbocycles. The Bertz CT molecular complexity index is 642. The Morgan fingerprint density at radius 1 is 1.23 bits per heavy atom. The summed E-state index contributed by atoms with van der Waals surface area (Å²) in [5.74, 6) is 0.777. The molecule has 3 nitrogen and oxygen atoms in total. The monoisotopic (exact) mass is 317 g/mol. The van der Waals surface area contributed by atoms with E-state index in [2.05, 4.69) is 5.32 Å². The third-order valence-electron chi connectivity index (χ3n) is 3.41. The highest BCUT2D eigenvalue weighted by molar-refractivity contribution is 6.30. The van der Waals surface area contributed by atoms with Crippen molar-refractivity contribution in [1.29, 1.82) is 0 Å². The van der Waals surface area contributed by atoms with Gasteiger partial charge in [-0.25, -0.2) is 0 Å². The maximum Gasteiger partial charge on any atom is 0.223 e. The number of para-hydroxylation sites is 1. The van der Waals surface area contributed by atoms with Crippen molar-refractivity contribution in [1.82, 2.24) is 5.32 Å². The van der Waals surface area contributed by atoms with E-state index in [-0.39, 0.29) is 11.9 Å². The van der Waals surface area contributed by atoms with E-state index in [9.17, 15) is 4.79 Å². The van der Waals surface area contributed by atoms with E-state index in [1.54, 1.807) is 0 Å². The van der Waals surface area contributed by atoms with Crippen molar-refractivity contribution in [3.05, 3.63) is 64.7 Å². The number of ether oxygens (including phenoxy) is 1. The smallest absolute Gasteiger partial charge is 0.223 e. The normalized spacial score (nSPS) is 11.8. The summed E-state index contributed by atoms with van der Waals surface area (Å²) in [6.45, 7) is 4.28. The Labute approximate surface area is 136 Å². The van der Waals surface area contributed by atoms with E-state index in [1.165, 1.54) is 0 Å². The fourth-order valence-corrected chi connectivity index (χ4v) is 2.34. The Morgan fingerprint density at radius 2 is 2.00 bits per heavy atom.